The highest BCUT2D eigenvalue weighted by atomic mass is 35.5. The predicted octanol–water partition coefficient (Wildman–Crippen LogP) is 3.78. The molecule has 0 spiro atoms. The van der Waals surface area contributed by atoms with Crippen molar-refractivity contribution in [3.63, 3.8) is 0 Å². The molecule has 1 aromatic heterocycles. The van der Waals surface area contributed by atoms with Crippen LogP contribution in [-0.4, -0.2) is 36.0 Å². The Balaban J connectivity index is 1.96. The summed E-state index contributed by atoms with van der Waals surface area (Å²) in [5, 5.41) is 4.60. The van der Waals surface area contributed by atoms with Crippen molar-refractivity contribution in [2.45, 2.75) is 13.5 Å². The molecular formula is C21H22ClN3O2. The normalized spacial score (nSPS) is 11.1. The number of aromatic nitrogens is 1. The van der Waals surface area contributed by atoms with Crippen LogP contribution in [0.4, 0.5) is 5.69 Å². The number of aryl methyl sites for hydroxylation is 1. The van der Waals surface area contributed by atoms with Gasteiger partial charge in [-0.1, -0.05) is 29.8 Å². The lowest BCUT2D eigenvalue weighted by Crippen LogP contribution is -2.26. The fourth-order valence-corrected chi connectivity index (χ4v) is 3.14. The molecule has 0 fully saturated rings. The van der Waals surface area contributed by atoms with Gasteiger partial charge in [-0.15, -0.1) is 0 Å². The zero-order valence-electron chi connectivity index (χ0n) is 15.6. The van der Waals surface area contributed by atoms with Gasteiger partial charge in [0.2, 0.25) is 0 Å². The van der Waals surface area contributed by atoms with E-state index in [9.17, 15) is 9.59 Å². The minimum Gasteiger partial charge on any atom is -0.321 e. The zero-order chi connectivity index (χ0) is 19.6. The largest absolute Gasteiger partial charge is 0.321 e. The maximum Gasteiger partial charge on any atom is 0.258 e. The van der Waals surface area contributed by atoms with Crippen LogP contribution >= 0.6 is 11.6 Å². The minimum absolute atomic E-state index is 0.0703. The van der Waals surface area contributed by atoms with Gasteiger partial charge in [0.25, 0.3) is 11.5 Å². The predicted molar refractivity (Wildman–Crippen MR) is 111 cm³/mol. The van der Waals surface area contributed by atoms with Crippen molar-refractivity contribution in [3.8, 4) is 0 Å². The number of hydrogen-bond donors (Lipinski definition) is 1. The van der Waals surface area contributed by atoms with E-state index >= 15 is 0 Å². The van der Waals surface area contributed by atoms with Gasteiger partial charge in [0.1, 0.15) is 0 Å². The highest BCUT2D eigenvalue weighted by molar-refractivity contribution is 6.35. The molecular weight excluding hydrogens is 362 g/mol. The Kier molecular flexibility index (Phi) is 5.63. The third kappa shape index (κ3) is 4.04. The van der Waals surface area contributed by atoms with Crippen LogP contribution in [0.2, 0.25) is 5.02 Å². The molecule has 0 aliphatic carbocycles. The van der Waals surface area contributed by atoms with E-state index in [0.29, 0.717) is 33.6 Å². The summed E-state index contributed by atoms with van der Waals surface area (Å²) in [4.78, 5) is 27.5. The number of amides is 1. The first-order valence-electron chi connectivity index (χ1n) is 8.72. The molecule has 1 N–H and O–H groups in total. The molecule has 0 radical (unpaired) electrons. The van der Waals surface area contributed by atoms with Crippen molar-refractivity contribution in [1.29, 1.82) is 0 Å². The molecule has 6 heteroatoms. The van der Waals surface area contributed by atoms with E-state index in [4.69, 9.17) is 11.6 Å². The lowest BCUT2D eigenvalue weighted by Gasteiger charge is -2.14. The minimum atomic E-state index is -0.298. The molecule has 1 heterocycles. The molecule has 0 atom stereocenters. The van der Waals surface area contributed by atoms with Gasteiger partial charge in [-0.25, -0.2) is 0 Å². The Bertz CT molecular complexity index is 1060. The average molecular weight is 384 g/mol. The quantitative estimate of drug-likeness (QED) is 0.729. The Morgan fingerprint density at radius 3 is 2.59 bits per heavy atom. The van der Waals surface area contributed by atoms with Crippen LogP contribution in [0.1, 0.15) is 15.9 Å². The van der Waals surface area contributed by atoms with Crippen molar-refractivity contribution in [1.82, 2.24) is 9.47 Å². The molecule has 0 saturated carbocycles. The Labute approximate surface area is 163 Å². The second kappa shape index (κ2) is 7.94. The maximum atomic E-state index is 12.8. The fourth-order valence-electron chi connectivity index (χ4n) is 2.92. The van der Waals surface area contributed by atoms with Crippen LogP contribution in [-0.2, 0) is 6.54 Å². The lowest BCUT2D eigenvalue weighted by molar-refractivity contribution is 0.102. The van der Waals surface area contributed by atoms with Gasteiger partial charge in [-0.3, -0.25) is 9.59 Å². The smallest absolute Gasteiger partial charge is 0.258 e. The van der Waals surface area contributed by atoms with Gasteiger partial charge in [0.15, 0.2) is 0 Å². The molecule has 3 rings (SSSR count). The number of pyridine rings is 1. The molecule has 140 valence electrons. The van der Waals surface area contributed by atoms with E-state index in [1.807, 2.05) is 38.1 Å². The number of carbonyl (C=O) groups is 1. The van der Waals surface area contributed by atoms with Gasteiger partial charge in [0.05, 0.1) is 10.6 Å². The molecule has 0 unspecified atom stereocenters. The Morgan fingerprint density at radius 2 is 1.85 bits per heavy atom. The summed E-state index contributed by atoms with van der Waals surface area (Å²) >= 11 is 6.26. The van der Waals surface area contributed by atoms with E-state index in [-0.39, 0.29) is 11.5 Å². The van der Waals surface area contributed by atoms with Gasteiger partial charge >= 0.3 is 0 Å². The summed E-state index contributed by atoms with van der Waals surface area (Å²) < 4.78 is 1.69. The van der Waals surface area contributed by atoms with Crippen molar-refractivity contribution in [2.24, 2.45) is 0 Å². The molecule has 0 saturated heterocycles. The van der Waals surface area contributed by atoms with E-state index in [0.717, 1.165) is 12.1 Å². The third-order valence-corrected chi connectivity index (χ3v) is 4.99. The SMILES string of the molecule is Cc1cccc(C(=O)Nc2cccc3c(=O)n(CCN(C)C)ccc23)c1Cl. The van der Waals surface area contributed by atoms with Crippen molar-refractivity contribution in [3.05, 3.63) is 75.2 Å². The summed E-state index contributed by atoms with van der Waals surface area (Å²) in [5.41, 5.74) is 1.77. The monoisotopic (exact) mass is 383 g/mol. The fraction of sp³-hybridized carbons (Fsp3) is 0.238. The first-order valence-corrected chi connectivity index (χ1v) is 9.09. The van der Waals surface area contributed by atoms with Gasteiger partial charge in [-0.2, -0.15) is 0 Å². The molecule has 3 aromatic rings. The van der Waals surface area contributed by atoms with Crippen LogP contribution in [0.15, 0.2) is 53.5 Å². The van der Waals surface area contributed by atoms with E-state index < -0.39 is 0 Å². The van der Waals surface area contributed by atoms with E-state index in [1.54, 1.807) is 41.1 Å². The molecule has 1 amide bonds. The Morgan fingerprint density at radius 1 is 1.11 bits per heavy atom. The molecule has 5 nitrogen and oxygen atoms in total. The van der Waals surface area contributed by atoms with Crippen molar-refractivity contribution in [2.75, 3.05) is 26.0 Å². The number of halogens is 1. The second-order valence-electron chi connectivity index (χ2n) is 6.77. The van der Waals surface area contributed by atoms with Crippen molar-refractivity contribution < 1.29 is 4.79 Å². The number of nitrogens with one attached hydrogen (secondary N) is 1. The summed E-state index contributed by atoms with van der Waals surface area (Å²) in [7, 11) is 3.94. The van der Waals surface area contributed by atoms with Gasteiger partial charge in [-0.05, 0) is 50.8 Å². The first-order chi connectivity index (χ1) is 12.9. The first kappa shape index (κ1) is 19.1. The molecule has 27 heavy (non-hydrogen) atoms. The summed E-state index contributed by atoms with van der Waals surface area (Å²) in [6.45, 7) is 3.23. The number of fused-ring (bicyclic) bond motifs is 1. The van der Waals surface area contributed by atoms with E-state index in [2.05, 4.69) is 5.32 Å². The number of rotatable bonds is 5. The Hall–Kier alpha value is -2.63. The number of anilines is 1. The molecule has 0 bridgehead atoms. The van der Waals surface area contributed by atoms with Crippen LogP contribution < -0.4 is 10.9 Å². The van der Waals surface area contributed by atoms with Gasteiger partial charge in [0, 0.05) is 35.7 Å². The van der Waals surface area contributed by atoms with Crippen LogP contribution in [0.25, 0.3) is 10.8 Å². The topological polar surface area (TPSA) is 54.3 Å². The second-order valence-corrected chi connectivity index (χ2v) is 7.15. The highest BCUT2D eigenvalue weighted by Crippen LogP contribution is 2.24. The summed E-state index contributed by atoms with van der Waals surface area (Å²) in [5.74, 6) is -0.298. The number of likely N-dealkylation sites (N-methyl/N-ethyl adjacent to an activating group) is 1. The summed E-state index contributed by atoms with van der Waals surface area (Å²) in [6.07, 6.45) is 1.77. The third-order valence-electron chi connectivity index (χ3n) is 4.49. The number of hydrogen-bond acceptors (Lipinski definition) is 3. The average Bonchev–Trinajstić information content (AvgIpc) is 2.63. The molecule has 0 aliphatic heterocycles. The number of nitrogens with zero attached hydrogens (tertiary/aromatic N) is 2. The standard InChI is InChI=1S/C21H22ClN3O2/c1-14-6-4-8-17(19(14)22)20(26)23-18-9-5-7-16-15(18)10-11-25(21(16)27)13-12-24(2)3/h4-11H,12-13H2,1-3H3,(H,23,26). The molecule has 0 aliphatic rings. The van der Waals surface area contributed by atoms with Crippen LogP contribution in [0, 0.1) is 6.92 Å². The van der Waals surface area contributed by atoms with Gasteiger partial charge < -0.3 is 14.8 Å². The number of carbonyl (C=O) groups excluding carboxylic acids is 1. The number of benzene rings is 2. The zero-order valence-corrected chi connectivity index (χ0v) is 16.4. The van der Waals surface area contributed by atoms with Crippen LogP contribution in [0.5, 0.6) is 0 Å². The lowest BCUT2D eigenvalue weighted by atomic mass is 10.1. The van der Waals surface area contributed by atoms with Crippen LogP contribution in [0.3, 0.4) is 0 Å². The highest BCUT2D eigenvalue weighted by Gasteiger charge is 2.14. The van der Waals surface area contributed by atoms with E-state index in [1.165, 1.54) is 0 Å². The van der Waals surface area contributed by atoms with Crippen molar-refractivity contribution >= 4 is 34.0 Å². The summed E-state index contributed by atoms with van der Waals surface area (Å²) in [6, 6.07) is 12.5. The maximum absolute atomic E-state index is 12.8. The molecule has 2 aromatic carbocycles.